The molecule has 1 aliphatic rings. The van der Waals surface area contributed by atoms with Crippen LogP contribution in [0.1, 0.15) is 39.7 Å². The van der Waals surface area contributed by atoms with Crippen molar-refractivity contribution in [3.63, 3.8) is 0 Å². The predicted molar refractivity (Wildman–Crippen MR) is 114 cm³/mol. The van der Waals surface area contributed by atoms with Crippen LogP contribution in [0.2, 0.25) is 0 Å². The van der Waals surface area contributed by atoms with Crippen LogP contribution in [0.5, 0.6) is 11.5 Å². The van der Waals surface area contributed by atoms with Crippen molar-refractivity contribution in [1.29, 1.82) is 5.26 Å². The number of nitrogens with one attached hydrogen (secondary N) is 1. The van der Waals surface area contributed by atoms with Gasteiger partial charge in [0, 0.05) is 4.88 Å². The fraction of sp³-hybridized carbons (Fsp3) is 0.318. The summed E-state index contributed by atoms with van der Waals surface area (Å²) >= 11 is 1.36. The lowest BCUT2D eigenvalue weighted by molar-refractivity contribution is -0.112. The van der Waals surface area contributed by atoms with E-state index < -0.39 is 11.9 Å². The van der Waals surface area contributed by atoms with Crippen LogP contribution in [0, 0.1) is 11.3 Å². The summed E-state index contributed by atoms with van der Waals surface area (Å²) in [5.74, 6) is 0.0146. The Balaban J connectivity index is 1.88. The number of methoxy groups -OCH3 is 2. The van der Waals surface area contributed by atoms with Gasteiger partial charge in [-0.15, -0.1) is 11.3 Å². The third-order valence-corrected chi connectivity index (χ3v) is 5.91. The number of amides is 1. The summed E-state index contributed by atoms with van der Waals surface area (Å²) in [5, 5.41) is 12.7. The minimum absolute atomic E-state index is 0.0920. The highest BCUT2D eigenvalue weighted by molar-refractivity contribution is 7.17. The number of nitrogens with zero attached hydrogens (tertiary/aromatic N) is 1. The highest BCUT2D eigenvalue weighted by Crippen LogP contribution is 2.39. The summed E-state index contributed by atoms with van der Waals surface area (Å²) in [4.78, 5) is 26.1. The van der Waals surface area contributed by atoms with E-state index in [0.29, 0.717) is 34.2 Å². The van der Waals surface area contributed by atoms with Crippen molar-refractivity contribution in [3.8, 4) is 17.6 Å². The number of fused-ring (bicyclic) bond motifs is 1. The SMILES string of the molecule is CCOc1ccc(/C=C(/C#N)C(=O)Nc2sc3c(c2C(=O)OC)CCC3)cc1OC. The molecule has 156 valence electrons. The summed E-state index contributed by atoms with van der Waals surface area (Å²) in [6.45, 7) is 2.36. The molecule has 2 aromatic rings. The molecule has 0 aliphatic heterocycles. The van der Waals surface area contributed by atoms with Crippen LogP contribution in [0.4, 0.5) is 5.00 Å². The zero-order chi connectivity index (χ0) is 21.7. The van der Waals surface area contributed by atoms with Crippen LogP contribution in [-0.2, 0) is 22.4 Å². The second kappa shape index (κ2) is 9.46. The van der Waals surface area contributed by atoms with Crippen molar-refractivity contribution in [3.05, 3.63) is 45.3 Å². The van der Waals surface area contributed by atoms with Gasteiger partial charge >= 0.3 is 5.97 Å². The van der Waals surface area contributed by atoms with E-state index in [1.54, 1.807) is 18.2 Å². The Morgan fingerprint density at radius 1 is 1.27 bits per heavy atom. The molecule has 1 aromatic carbocycles. The van der Waals surface area contributed by atoms with Crippen molar-refractivity contribution in [1.82, 2.24) is 0 Å². The molecule has 0 bridgehead atoms. The van der Waals surface area contributed by atoms with Gasteiger partial charge in [-0.1, -0.05) is 6.07 Å². The molecule has 8 heteroatoms. The molecular formula is C22H22N2O5S. The Labute approximate surface area is 178 Å². The molecule has 30 heavy (non-hydrogen) atoms. The standard InChI is InChI=1S/C22H22N2O5S/c1-4-29-16-9-8-13(11-17(16)27-2)10-14(12-23)20(25)24-21-19(22(26)28-3)15-6-5-7-18(15)30-21/h8-11H,4-7H2,1-3H3,(H,24,25)/b14-10-. The van der Waals surface area contributed by atoms with Gasteiger partial charge in [0.1, 0.15) is 16.6 Å². The van der Waals surface area contributed by atoms with Gasteiger partial charge in [0.15, 0.2) is 11.5 Å². The van der Waals surface area contributed by atoms with Gasteiger partial charge in [-0.3, -0.25) is 4.79 Å². The normalized spacial score (nSPS) is 12.7. The summed E-state index contributed by atoms with van der Waals surface area (Å²) in [6.07, 6.45) is 4.08. The minimum atomic E-state index is -0.588. The summed E-state index contributed by atoms with van der Waals surface area (Å²) in [6, 6.07) is 7.07. The van der Waals surface area contributed by atoms with E-state index >= 15 is 0 Å². The molecule has 3 rings (SSSR count). The van der Waals surface area contributed by atoms with E-state index in [0.717, 1.165) is 29.7 Å². The Hall–Kier alpha value is -3.31. The Kier molecular flexibility index (Phi) is 6.75. The van der Waals surface area contributed by atoms with Crippen molar-refractivity contribution < 1.29 is 23.8 Å². The second-order valence-corrected chi connectivity index (χ2v) is 7.63. The van der Waals surface area contributed by atoms with Crippen LogP contribution in [-0.4, -0.2) is 32.7 Å². The van der Waals surface area contributed by atoms with Gasteiger partial charge in [-0.25, -0.2) is 4.79 Å². The summed E-state index contributed by atoms with van der Waals surface area (Å²) in [7, 11) is 2.83. The largest absolute Gasteiger partial charge is 0.493 e. The first kappa shape index (κ1) is 21.4. The number of aryl methyl sites for hydroxylation is 1. The summed E-state index contributed by atoms with van der Waals surface area (Å²) in [5.41, 5.74) is 1.85. The van der Waals surface area contributed by atoms with Crippen molar-refractivity contribution in [2.45, 2.75) is 26.2 Å². The number of hydrogen-bond donors (Lipinski definition) is 1. The Bertz CT molecular complexity index is 1050. The van der Waals surface area contributed by atoms with Gasteiger partial charge in [0.2, 0.25) is 0 Å². The van der Waals surface area contributed by atoms with E-state index in [9.17, 15) is 14.9 Å². The monoisotopic (exact) mass is 426 g/mol. The number of hydrogen-bond acceptors (Lipinski definition) is 7. The number of carbonyl (C=O) groups is 2. The second-order valence-electron chi connectivity index (χ2n) is 6.52. The van der Waals surface area contributed by atoms with E-state index in [1.807, 2.05) is 13.0 Å². The molecule has 1 N–H and O–H groups in total. The average molecular weight is 426 g/mol. The third kappa shape index (κ3) is 4.31. The van der Waals surface area contributed by atoms with Gasteiger partial charge in [0.05, 0.1) is 26.4 Å². The Morgan fingerprint density at radius 2 is 2.07 bits per heavy atom. The molecule has 0 fully saturated rings. The lowest BCUT2D eigenvalue weighted by atomic mass is 10.1. The first-order valence-corrected chi connectivity index (χ1v) is 10.3. The van der Waals surface area contributed by atoms with Crippen LogP contribution < -0.4 is 14.8 Å². The van der Waals surface area contributed by atoms with Crippen molar-refractivity contribution in [2.75, 3.05) is 26.1 Å². The van der Waals surface area contributed by atoms with Crippen LogP contribution in [0.25, 0.3) is 6.08 Å². The molecule has 7 nitrogen and oxygen atoms in total. The summed E-state index contributed by atoms with van der Waals surface area (Å²) < 4.78 is 15.7. The number of anilines is 1. The highest BCUT2D eigenvalue weighted by Gasteiger charge is 2.28. The lowest BCUT2D eigenvalue weighted by Crippen LogP contribution is -2.15. The van der Waals surface area contributed by atoms with Crippen molar-refractivity contribution >= 4 is 34.3 Å². The third-order valence-electron chi connectivity index (χ3n) is 4.70. The molecule has 1 aromatic heterocycles. The zero-order valence-corrected chi connectivity index (χ0v) is 17.9. The van der Waals surface area contributed by atoms with E-state index in [2.05, 4.69) is 5.32 Å². The quantitative estimate of drug-likeness (QED) is 0.409. The molecule has 0 radical (unpaired) electrons. The number of rotatable bonds is 7. The molecule has 0 spiro atoms. The zero-order valence-electron chi connectivity index (χ0n) is 17.0. The first-order valence-electron chi connectivity index (χ1n) is 9.49. The average Bonchev–Trinajstić information content (AvgIpc) is 3.33. The van der Waals surface area contributed by atoms with Gasteiger partial charge in [-0.05, 0) is 55.5 Å². The molecular weight excluding hydrogens is 404 g/mol. The number of nitriles is 1. The molecule has 0 saturated heterocycles. The minimum Gasteiger partial charge on any atom is -0.493 e. The highest BCUT2D eigenvalue weighted by atomic mass is 32.1. The molecule has 0 atom stereocenters. The van der Waals surface area contributed by atoms with E-state index in [1.165, 1.54) is 31.6 Å². The van der Waals surface area contributed by atoms with Crippen LogP contribution in [0.15, 0.2) is 23.8 Å². The lowest BCUT2D eigenvalue weighted by Gasteiger charge is -2.10. The molecule has 1 aliphatic carbocycles. The fourth-order valence-electron chi connectivity index (χ4n) is 3.34. The fourth-order valence-corrected chi connectivity index (χ4v) is 4.62. The number of carbonyl (C=O) groups excluding carboxylic acids is 2. The van der Waals surface area contributed by atoms with E-state index in [-0.39, 0.29) is 5.57 Å². The van der Waals surface area contributed by atoms with Gasteiger partial charge < -0.3 is 19.5 Å². The predicted octanol–water partition coefficient (Wildman–Crippen LogP) is 3.98. The van der Waals surface area contributed by atoms with Gasteiger partial charge in [-0.2, -0.15) is 5.26 Å². The maximum absolute atomic E-state index is 12.8. The Morgan fingerprint density at radius 3 is 2.73 bits per heavy atom. The maximum atomic E-state index is 12.8. The van der Waals surface area contributed by atoms with Crippen LogP contribution in [0.3, 0.4) is 0 Å². The van der Waals surface area contributed by atoms with E-state index in [4.69, 9.17) is 14.2 Å². The number of esters is 1. The van der Waals surface area contributed by atoms with Crippen molar-refractivity contribution in [2.24, 2.45) is 0 Å². The number of ether oxygens (including phenoxy) is 3. The maximum Gasteiger partial charge on any atom is 0.341 e. The smallest absolute Gasteiger partial charge is 0.341 e. The topological polar surface area (TPSA) is 97.7 Å². The molecule has 1 heterocycles. The first-order chi connectivity index (χ1) is 14.5. The molecule has 1 amide bonds. The number of benzene rings is 1. The molecule has 0 saturated carbocycles. The number of thiophene rings is 1. The van der Waals surface area contributed by atoms with Crippen LogP contribution >= 0.6 is 11.3 Å². The molecule has 0 unspecified atom stereocenters. The van der Waals surface area contributed by atoms with Gasteiger partial charge in [0.25, 0.3) is 5.91 Å².